The lowest BCUT2D eigenvalue weighted by Gasteiger charge is -2.17. The van der Waals surface area contributed by atoms with E-state index in [2.05, 4.69) is 15.6 Å². The van der Waals surface area contributed by atoms with Gasteiger partial charge in [-0.25, -0.2) is 15.1 Å². The number of carbonyl (C=O) groups excluding carboxylic acids is 3. The normalized spacial score (nSPS) is 20.3. The maximum Gasteiger partial charge on any atom is 0.416 e. The number of hydrogen-bond donors (Lipinski definition) is 2. The van der Waals surface area contributed by atoms with E-state index in [1.165, 1.54) is 6.07 Å². The second-order valence-corrected chi connectivity index (χ2v) is 5.01. The minimum absolute atomic E-state index is 0.190. The molecule has 0 unspecified atom stereocenters. The third kappa shape index (κ3) is 2.31. The van der Waals surface area contributed by atoms with Crippen LogP contribution in [0.15, 0.2) is 35.5 Å². The number of rotatable bonds is 2. The van der Waals surface area contributed by atoms with Gasteiger partial charge in [-0.05, 0) is 18.2 Å². The Morgan fingerprint density at radius 2 is 2.00 bits per heavy atom. The summed E-state index contributed by atoms with van der Waals surface area (Å²) in [7, 11) is 1.09. The zero-order valence-corrected chi connectivity index (χ0v) is 12.1. The summed E-state index contributed by atoms with van der Waals surface area (Å²) in [5.41, 5.74) is 3.18. The molecule has 0 aliphatic carbocycles. The fourth-order valence-corrected chi connectivity index (χ4v) is 2.52. The first-order valence-corrected chi connectivity index (χ1v) is 6.65. The van der Waals surface area contributed by atoms with Crippen molar-refractivity contribution in [2.45, 2.75) is 12.2 Å². The van der Waals surface area contributed by atoms with Crippen molar-refractivity contribution in [3.63, 3.8) is 0 Å². The summed E-state index contributed by atoms with van der Waals surface area (Å²) in [4.78, 5) is 37.0. The molecule has 1 fully saturated rings. The number of hydrogen-bond acceptors (Lipinski definition) is 6. The SMILES string of the molecule is COC(=O)C1=C2C(=O)N(c3cccc(C(F)(F)F)c3)C(=O)[C@@H]2NN1. The number of amides is 2. The van der Waals surface area contributed by atoms with Crippen LogP contribution in [0.3, 0.4) is 0 Å². The van der Waals surface area contributed by atoms with Gasteiger partial charge in [0.1, 0.15) is 11.7 Å². The summed E-state index contributed by atoms with van der Waals surface area (Å²) < 4.78 is 42.9. The van der Waals surface area contributed by atoms with Gasteiger partial charge in [0.2, 0.25) is 0 Å². The summed E-state index contributed by atoms with van der Waals surface area (Å²) in [6.45, 7) is 0. The highest BCUT2D eigenvalue weighted by Crippen LogP contribution is 2.35. The molecule has 2 aliphatic rings. The van der Waals surface area contributed by atoms with Crippen molar-refractivity contribution in [1.29, 1.82) is 0 Å². The van der Waals surface area contributed by atoms with Crippen LogP contribution in [0.5, 0.6) is 0 Å². The van der Waals surface area contributed by atoms with E-state index in [9.17, 15) is 27.6 Å². The van der Waals surface area contributed by atoms with E-state index in [0.29, 0.717) is 11.0 Å². The lowest BCUT2D eigenvalue weighted by atomic mass is 10.1. The van der Waals surface area contributed by atoms with E-state index in [1.54, 1.807) is 0 Å². The molecule has 1 aromatic carbocycles. The predicted octanol–water partition coefficient (Wildman–Crippen LogP) is 0.482. The molecule has 0 bridgehead atoms. The maximum absolute atomic E-state index is 12.8. The van der Waals surface area contributed by atoms with Gasteiger partial charge in [-0.1, -0.05) is 6.07 Å². The minimum atomic E-state index is -4.62. The molecule has 2 N–H and O–H groups in total. The number of ether oxygens (including phenoxy) is 1. The Morgan fingerprint density at radius 3 is 2.62 bits per heavy atom. The summed E-state index contributed by atoms with van der Waals surface area (Å²) >= 11 is 0. The molecule has 1 atom stereocenters. The van der Waals surface area contributed by atoms with Gasteiger partial charge in [0.05, 0.1) is 23.9 Å². The van der Waals surface area contributed by atoms with E-state index in [4.69, 9.17) is 0 Å². The van der Waals surface area contributed by atoms with Gasteiger partial charge in [-0.15, -0.1) is 0 Å². The highest BCUT2D eigenvalue weighted by molar-refractivity contribution is 6.32. The molecule has 7 nitrogen and oxygen atoms in total. The van der Waals surface area contributed by atoms with Crippen molar-refractivity contribution in [3.05, 3.63) is 41.1 Å². The number of esters is 1. The molecule has 24 heavy (non-hydrogen) atoms. The largest absolute Gasteiger partial charge is 0.464 e. The second-order valence-electron chi connectivity index (χ2n) is 5.01. The molecule has 2 heterocycles. The Balaban J connectivity index is 2.04. The van der Waals surface area contributed by atoms with Crippen molar-refractivity contribution >= 4 is 23.5 Å². The van der Waals surface area contributed by atoms with Gasteiger partial charge in [-0.2, -0.15) is 13.2 Å². The zero-order valence-electron chi connectivity index (χ0n) is 12.1. The number of alkyl halides is 3. The number of anilines is 1. The molecule has 3 rings (SSSR count). The van der Waals surface area contributed by atoms with Crippen LogP contribution in [-0.2, 0) is 25.3 Å². The number of fused-ring (bicyclic) bond motifs is 1. The molecule has 1 saturated heterocycles. The van der Waals surface area contributed by atoms with Gasteiger partial charge in [-0.3, -0.25) is 9.59 Å². The van der Waals surface area contributed by atoms with Gasteiger partial charge >= 0.3 is 12.1 Å². The summed E-state index contributed by atoms with van der Waals surface area (Å²) in [6, 6.07) is 2.66. The first kappa shape index (κ1) is 16.0. The zero-order chi connectivity index (χ0) is 17.6. The Morgan fingerprint density at radius 1 is 1.29 bits per heavy atom. The van der Waals surface area contributed by atoms with Crippen molar-refractivity contribution in [3.8, 4) is 0 Å². The number of nitrogens with one attached hydrogen (secondary N) is 2. The number of hydrazine groups is 1. The number of methoxy groups -OCH3 is 1. The fourth-order valence-electron chi connectivity index (χ4n) is 2.52. The maximum atomic E-state index is 12.8. The van der Waals surface area contributed by atoms with Crippen molar-refractivity contribution in [2.24, 2.45) is 0 Å². The minimum Gasteiger partial charge on any atom is -0.464 e. The van der Waals surface area contributed by atoms with Crippen LogP contribution in [0.25, 0.3) is 0 Å². The Kier molecular flexibility index (Phi) is 3.56. The van der Waals surface area contributed by atoms with Crippen molar-refractivity contribution in [1.82, 2.24) is 10.9 Å². The van der Waals surface area contributed by atoms with Crippen molar-refractivity contribution < 1.29 is 32.3 Å². The predicted molar refractivity (Wildman–Crippen MR) is 73.0 cm³/mol. The molecule has 126 valence electrons. The number of halogens is 3. The van der Waals surface area contributed by atoms with Crippen molar-refractivity contribution in [2.75, 3.05) is 12.0 Å². The number of carbonyl (C=O) groups is 3. The molecular formula is C14H10F3N3O4. The van der Waals surface area contributed by atoms with Gasteiger partial charge in [0.15, 0.2) is 0 Å². The van der Waals surface area contributed by atoms with Gasteiger partial charge in [0.25, 0.3) is 11.8 Å². The topological polar surface area (TPSA) is 87.7 Å². The third-order valence-corrected chi connectivity index (χ3v) is 3.62. The first-order valence-electron chi connectivity index (χ1n) is 6.65. The molecule has 2 aliphatic heterocycles. The van der Waals surface area contributed by atoms with Crippen LogP contribution in [0.1, 0.15) is 5.56 Å². The van der Waals surface area contributed by atoms with Crippen LogP contribution in [0.2, 0.25) is 0 Å². The highest BCUT2D eigenvalue weighted by Gasteiger charge is 2.50. The highest BCUT2D eigenvalue weighted by atomic mass is 19.4. The average molecular weight is 341 g/mol. The summed E-state index contributed by atoms with van der Waals surface area (Å²) in [5.74, 6) is -2.55. The van der Waals surface area contributed by atoms with Crippen LogP contribution >= 0.6 is 0 Å². The second kappa shape index (κ2) is 5.34. The van der Waals surface area contributed by atoms with E-state index < -0.39 is 35.6 Å². The molecule has 10 heteroatoms. The quantitative estimate of drug-likeness (QED) is 0.601. The lowest BCUT2D eigenvalue weighted by Crippen LogP contribution is -2.42. The van der Waals surface area contributed by atoms with E-state index in [0.717, 1.165) is 19.2 Å². The Hall–Kier alpha value is -2.88. The van der Waals surface area contributed by atoms with E-state index >= 15 is 0 Å². The summed E-state index contributed by atoms with van der Waals surface area (Å²) in [6.07, 6.45) is -4.62. The Bertz CT molecular complexity index is 788. The standard InChI is InChI=1S/C14H10F3N3O4/c1-24-13(23)10-8-9(18-19-10)12(22)20(11(8)21)7-4-2-3-6(5-7)14(15,16)17/h2-5,9,18-19H,1H3/t9-/m1/s1. The van der Waals surface area contributed by atoms with Crippen LogP contribution in [-0.4, -0.2) is 30.9 Å². The monoisotopic (exact) mass is 341 g/mol. The average Bonchev–Trinajstić information content (AvgIpc) is 3.07. The van der Waals surface area contributed by atoms with Crippen LogP contribution in [0.4, 0.5) is 18.9 Å². The van der Waals surface area contributed by atoms with Gasteiger partial charge < -0.3 is 10.2 Å². The molecule has 2 amide bonds. The number of benzene rings is 1. The van der Waals surface area contributed by atoms with E-state index in [1.807, 2.05) is 0 Å². The number of imide groups is 1. The first-order chi connectivity index (χ1) is 11.3. The van der Waals surface area contributed by atoms with Crippen LogP contribution in [0, 0.1) is 0 Å². The fraction of sp³-hybridized carbons (Fsp3) is 0.214. The lowest BCUT2D eigenvalue weighted by molar-refractivity contribution is -0.138. The molecule has 0 saturated carbocycles. The Labute approximate surface area is 133 Å². The summed E-state index contributed by atoms with van der Waals surface area (Å²) in [5, 5.41) is 0. The van der Waals surface area contributed by atoms with E-state index in [-0.39, 0.29) is 17.0 Å². The smallest absolute Gasteiger partial charge is 0.416 e. The molecule has 0 spiro atoms. The molecular weight excluding hydrogens is 331 g/mol. The molecule has 0 radical (unpaired) electrons. The van der Waals surface area contributed by atoms with Gasteiger partial charge in [0, 0.05) is 0 Å². The molecule has 0 aromatic heterocycles. The van der Waals surface area contributed by atoms with Crippen LogP contribution < -0.4 is 15.8 Å². The molecule has 1 aromatic rings. The third-order valence-electron chi connectivity index (χ3n) is 3.62. The number of nitrogens with zero attached hydrogens (tertiary/aromatic N) is 1.